The van der Waals surface area contributed by atoms with Crippen molar-refractivity contribution in [2.45, 2.75) is 13.3 Å². The number of nitrogens with zero attached hydrogens (tertiary/aromatic N) is 5. The second kappa shape index (κ2) is 7.96. The smallest absolute Gasteiger partial charge is 0.339 e. The van der Waals surface area contributed by atoms with E-state index in [1.165, 1.54) is 23.7 Å². The maximum Gasteiger partial charge on any atom is 0.339 e. The van der Waals surface area contributed by atoms with Crippen LogP contribution in [0.25, 0.3) is 11.3 Å². The van der Waals surface area contributed by atoms with Crippen molar-refractivity contribution in [2.75, 3.05) is 17.6 Å². The molecule has 152 valence electrons. The van der Waals surface area contributed by atoms with Crippen LogP contribution in [0.1, 0.15) is 23.0 Å². The Hall–Kier alpha value is -3.72. The van der Waals surface area contributed by atoms with Crippen LogP contribution in [-0.4, -0.2) is 36.2 Å². The number of benzene rings is 1. The van der Waals surface area contributed by atoms with Gasteiger partial charge in [-0.2, -0.15) is 4.98 Å². The molecule has 0 saturated heterocycles. The molecule has 0 amide bonds. The van der Waals surface area contributed by atoms with Crippen molar-refractivity contribution < 1.29 is 4.79 Å². The van der Waals surface area contributed by atoms with Crippen LogP contribution in [0.4, 0.5) is 11.8 Å². The molecular formula is C20H18ClN7O2. The van der Waals surface area contributed by atoms with Gasteiger partial charge >= 0.3 is 5.69 Å². The summed E-state index contributed by atoms with van der Waals surface area (Å²) >= 11 is 6.15. The number of Topliss-reactive ketones (excluding diaryl/α,β-unsaturated/α-hetero) is 1. The second-order valence-electron chi connectivity index (χ2n) is 6.59. The zero-order valence-corrected chi connectivity index (χ0v) is 16.8. The van der Waals surface area contributed by atoms with Crippen LogP contribution in [0.2, 0.25) is 5.15 Å². The Kier molecular flexibility index (Phi) is 5.20. The normalized spacial score (nSPS) is 11.0. The molecular weight excluding hydrogens is 406 g/mol. The fourth-order valence-corrected chi connectivity index (χ4v) is 3.41. The molecule has 0 aliphatic carbocycles. The van der Waals surface area contributed by atoms with Crippen molar-refractivity contribution in [1.29, 1.82) is 0 Å². The molecule has 0 saturated carbocycles. The first-order valence-electron chi connectivity index (χ1n) is 9.16. The van der Waals surface area contributed by atoms with Crippen molar-refractivity contribution >= 4 is 34.8 Å². The highest BCUT2D eigenvalue weighted by Crippen LogP contribution is 2.17. The summed E-state index contributed by atoms with van der Waals surface area (Å²) in [4.78, 5) is 37.1. The van der Waals surface area contributed by atoms with Crippen LogP contribution < -0.4 is 16.7 Å². The maximum absolute atomic E-state index is 13.2. The third-order valence-electron chi connectivity index (χ3n) is 4.59. The molecule has 0 atom stereocenters. The number of anilines is 2. The van der Waals surface area contributed by atoms with Crippen LogP contribution in [-0.2, 0) is 6.42 Å². The number of nitrogen functional groups attached to an aromatic ring is 1. The van der Waals surface area contributed by atoms with Crippen molar-refractivity contribution in [3.05, 3.63) is 75.7 Å². The van der Waals surface area contributed by atoms with E-state index in [1.807, 2.05) is 36.4 Å². The van der Waals surface area contributed by atoms with E-state index in [2.05, 4.69) is 20.3 Å². The number of carbonyl (C=O) groups excluding carboxylic acids is 1. The summed E-state index contributed by atoms with van der Waals surface area (Å²) in [7, 11) is 0. The average molecular weight is 424 g/mol. The number of rotatable bonds is 6. The van der Waals surface area contributed by atoms with Gasteiger partial charge in [-0.3, -0.25) is 9.36 Å². The van der Waals surface area contributed by atoms with Crippen molar-refractivity contribution in [2.24, 2.45) is 0 Å². The molecule has 3 heterocycles. The van der Waals surface area contributed by atoms with Gasteiger partial charge in [-0.05, 0) is 19.1 Å². The fraction of sp³-hybridized carbons (Fsp3) is 0.150. The topological polar surface area (TPSA) is 120 Å². The SMILES string of the molecule is CC(=O)c1cnc(N)nc1NCCc1cc2ncc(Cl)n2c(=O)n1-c1ccccc1. The molecule has 0 bridgehead atoms. The van der Waals surface area contributed by atoms with Crippen molar-refractivity contribution in [3.8, 4) is 5.69 Å². The zero-order chi connectivity index (χ0) is 21.3. The van der Waals surface area contributed by atoms with Crippen LogP contribution >= 0.6 is 11.6 Å². The Morgan fingerprint density at radius 2 is 1.97 bits per heavy atom. The number of nitrogens with one attached hydrogen (secondary N) is 1. The van der Waals surface area contributed by atoms with E-state index in [9.17, 15) is 9.59 Å². The molecule has 0 aliphatic rings. The first kappa shape index (κ1) is 19.6. The predicted molar refractivity (Wildman–Crippen MR) is 114 cm³/mol. The van der Waals surface area contributed by atoms with Crippen LogP contribution in [0.15, 0.2) is 53.6 Å². The number of halogens is 1. The number of hydrogen-bond donors (Lipinski definition) is 2. The summed E-state index contributed by atoms with van der Waals surface area (Å²) < 4.78 is 2.94. The number of aromatic nitrogens is 5. The lowest BCUT2D eigenvalue weighted by molar-refractivity contribution is 0.101. The number of hydrogen-bond acceptors (Lipinski definition) is 7. The van der Waals surface area contributed by atoms with Crippen LogP contribution in [0.3, 0.4) is 0 Å². The lowest BCUT2D eigenvalue weighted by Gasteiger charge is -2.15. The number of nitrogens with two attached hydrogens (primary N) is 1. The Bertz CT molecular complexity index is 1300. The van der Waals surface area contributed by atoms with Gasteiger partial charge in [-0.15, -0.1) is 0 Å². The molecule has 4 rings (SSSR count). The van der Waals surface area contributed by atoms with E-state index in [0.717, 1.165) is 5.69 Å². The summed E-state index contributed by atoms with van der Waals surface area (Å²) in [5.74, 6) is 0.248. The van der Waals surface area contributed by atoms with Gasteiger partial charge in [0, 0.05) is 30.9 Å². The highest BCUT2D eigenvalue weighted by molar-refractivity contribution is 6.29. The van der Waals surface area contributed by atoms with Gasteiger partial charge in [0.05, 0.1) is 17.4 Å². The lowest BCUT2D eigenvalue weighted by atomic mass is 10.2. The van der Waals surface area contributed by atoms with Gasteiger partial charge in [0.2, 0.25) is 5.95 Å². The summed E-state index contributed by atoms with van der Waals surface area (Å²) in [6.45, 7) is 1.83. The molecule has 4 aromatic rings. The minimum atomic E-state index is -0.313. The largest absolute Gasteiger partial charge is 0.369 e. The van der Waals surface area contributed by atoms with E-state index >= 15 is 0 Å². The summed E-state index contributed by atoms with van der Waals surface area (Å²) in [6.07, 6.45) is 3.29. The van der Waals surface area contributed by atoms with E-state index < -0.39 is 0 Å². The van der Waals surface area contributed by atoms with E-state index in [0.29, 0.717) is 35.7 Å². The van der Waals surface area contributed by atoms with Crippen molar-refractivity contribution in [1.82, 2.24) is 23.9 Å². The fourth-order valence-electron chi connectivity index (χ4n) is 3.21. The first-order chi connectivity index (χ1) is 14.5. The van der Waals surface area contributed by atoms with Gasteiger partial charge < -0.3 is 11.1 Å². The number of ketones is 1. The first-order valence-corrected chi connectivity index (χ1v) is 9.54. The number of imidazole rings is 1. The molecule has 3 N–H and O–H groups in total. The maximum atomic E-state index is 13.2. The predicted octanol–water partition coefficient (Wildman–Crippen LogP) is 2.37. The summed E-state index contributed by atoms with van der Waals surface area (Å²) in [5, 5.41) is 3.36. The average Bonchev–Trinajstić information content (AvgIpc) is 3.09. The number of fused-ring (bicyclic) bond motifs is 1. The second-order valence-corrected chi connectivity index (χ2v) is 6.97. The molecule has 3 aromatic heterocycles. The number of para-hydroxylation sites is 1. The monoisotopic (exact) mass is 423 g/mol. The van der Waals surface area contributed by atoms with Gasteiger partial charge in [-0.1, -0.05) is 29.8 Å². The Morgan fingerprint density at radius 1 is 1.20 bits per heavy atom. The summed E-state index contributed by atoms with van der Waals surface area (Å²) in [6, 6.07) is 11.1. The highest BCUT2D eigenvalue weighted by Gasteiger charge is 2.15. The number of carbonyl (C=O) groups is 1. The van der Waals surface area contributed by atoms with Gasteiger partial charge in [0.25, 0.3) is 0 Å². The van der Waals surface area contributed by atoms with Crippen molar-refractivity contribution in [3.63, 3.8) is 0 Å². The van der Waals surface area contributed by atoms with E-state index in [-0.39, 0.29) is 22.6 Å². The molecule has 0 aliphatic heterocycles. The molecule has 0 unspecified atom stereocenters. The molecule has 0 spiro atoms. The molecule has 0 radical (unpaired) electrons. The minimum Gasteiger partial charge on any atom is -0.369 e. The Labute approximate surface area is 176 Å². The molecule has 9 nitrogen and oxygen atoms in total. The minimum absolute atomic E-state index is 0.0668. The Balaban J connectivity index is 1.71. The van der Waals surface area contributed by atoms with Crippen LogP contribution in [0, 0.1) is 0 Å². The van der Waals surface area contributed by atoms with Gasteiger partial charge in [-0.25, -0.2) is 19.2 Å². The standard InChI is InChI=1S/C20H18ClN7O2/c1-12(29)15-10-25-19(22)26-18(15)23-8-7-14-9-17-24-11-16(21)28(17)20(30)27(14)13-5-3-2-4-6-13/h2-6,9-11H,7-8H2,1H3,(H3,22,23,25,26). The van der Waals surface area contributed by atoms with E-state index in [4.69, 9.17) is 17.3 Å². The third-order valence-corrected chi connectivity index (χ3v) is 4.85. The molecule has 10 heteroatoms. The van der Waals surface area contributed by atoms with E-state index in [1.54, 1.807) is 4.57 Å². The zero-order valence-electron chi connectivity index (χ0n) is 16.0. The summed E-state index contributed by atoms with van der Waals surface area (Å²) in [5.41, 5.74) is 7.58. The van der Waals surface area contributed by atoms with Crippen LogP contribution in [0.5, 0.6) is 0 Å². The molecule has 0 fully saturated rings. The van der Waals surface area contributed by atoms with Gasteiger partial charge in [0.1, 0.15) is 16.6 Å². The van der Waals surface area contributed by atoms with Gasteiger partial charge in [0.15, 0.2) is 5.78 Å². The lowest BCUT2D eigenvalue weighted by Crippen LogP contribution is -2.29. The molecule has 30 heavy (non-hydrogen) atoms. The quantitative estimate of drug-likeness (QED) is 0.457. The Morgan fingerprint density at radius 3 is 2.70 bits per heavy atom. The third kappa shape index (κ3) is 3.62. The molecule has 1 aromatic carbocycles. The highest BCUT2D eigenvalue weighted by atomic mass is 35.5.